The van der Waals surface area contributed by atoms with Crippen molar-refractivity contribution in [2.75, 3.05) is 11.9 Å². The van der Waals surface area contributed by atoms with Crippen LogP contribution < -0.4 is 10.1 Å². The monoisotopic (exact) mass is 311 g/mol. The van der Waals surface area contributed by atoms with Gasteiger partial charge in [0.1, 0.15) is 5.75 Å². The van der Waals surface area contributed by atoms with Crippen molar-refractivity contribution in [2.45, 2.75) is 39.5 Å². The number of benzene rings is 2. The molecule has 0 radical (unpaired) electrons. The number of aryl methyl sites for hydroxylation is 1. The molecule has 0 aromatic heterocycles. The number of amides is 1. The van der Waals surface area contributed by atoms with E-state index in [1.807, 2.05) is 48.5 Å². The predicted molar refractivity (Wildman–Crippen MR) is 95.2 cm³/mol. The van der Waals surface area contributed by atoms with Crippen LogP contribution in [0.4, 0.5) is 5.69 Å². The average molecular weight is 311 g/mol. The SMILES string of the molecule is CCCCCOc1ccc(NC(=O)c2ccc(CC)cc2)cc1. The Labute approximate surface area is 138 Å². The Morgan fingerprint density at radius 1 is 0.957 bits per heavy atom. The van der Waals surface area contributed by atoms with Gasteiger partial charge in [-0.3, -0.25) is 4.79 Å². The lowest BCUT2D eigenvalue weighted by Gasteiger charge is -2.08. The molecule has 0 aliphatic carbocycles. The van der Waals surface area contributed by atoms with Gasteiger partial charge in [0.05, 0.1) is 6.61 Å². The Hall–Kier alpha value is -2.29. The second-order valence-corrected chi connectivity index (χ2v) is 5.58. The first kappa shape index (κ1) is 17.1. The third-order valence-electron chi connectivity index (χ3n) is 3.75. The number of carbonyl (C=O) groups excluding carboxylic acids is 1. The zero-order valence-electron chi connectivity index (χ0n) is 14.0. The van der Waals surface area contributed by atoms with Crippen LogP contribution in [0.5, 0.6) is 5.75 Å². The van der Waals surface area contributed by atoms with Crippen LogP contribution >= 0.6 is 0 Å². The van der Waals surface area contributed by atoms with Crippen molar-refractivity contribution < 1.29 is 9.53 Å². The molecule has 0 saturated carbocycles. The molecule has 0 spiro atoms. The maximum absolute atomic E-state index is 12.2. The van der Waals surface area contributed by atoms with E-state index in [0.717, 1.165) is 30.9 Å². The highest BCUT2D eigenvalue weighted by Gasteiger charge is 2.06. The van der Waals surface area contributed by atoms with Crippen LogP contribution in [0.1, 0.15) is 49.0 Å². The maximum atomic E-state index is 12.2. The number of hydrogen-bond acceptors (Lipinski definition) is 2. The summed E-state index contributed by atoms with van der Waals surface area (Å²) in [5.41, 5.74) is 2.67. The van der Waals surface area contributed by atoms with Gasteiger partial charge >= 0.3 is 0 Å². The molecule has 0 unspecified atom stereocenters. The summed E-state index contributed by atoms with van der Waals surface area (Å²) in [5.74, 6) is 0.746. The van der Waals surface area contributed by atoms with Crippen LogP contribution in [0.3, 0.4) is 0 Å². The van der Waals surface area contributed by atoms with E-state index in [9.17, 15) is 4.79 Å². The molecule has 3 heteroatoms. The van der Waals surface area contributed by atoms with Gasteiger partial charge in [0, 0.05) is 11.3 Å². The van der Waals surface area contributed by atoms with Crippen molar-refractivity contribution in [2.24, 2.45) is 0 Å². The number of unbranched alkanes of at least 4 members (excludes halogenated alkanes) is 2. The average Bonchev–Trinajstić information content (AvgIpc) is 2.60. The molecule has 0 atom stereocenters. The fraction of sp³-hybridized carbons (Fsp3) is 0.350. The van der Waals surface area contributed by atoms with Crippen molar-refractivity contribution in [1.82, 2.24) is 0 Å². The number of hydrogen-bond donors (Lipinski definition) is 1. The molecular weight excluding hydrogens is 286 g/mol. The van der Waals surface area contributed by atoms with Crippen LogP contribution in [0.2, 0.25) is 0 Å². The van der Waals surface area contributed by atoms with Gasteiger partial charge in [-0.15, -0.1) is 0 Å². The van der Waals surface area contributed by atoms with Gasteiger partial charge in [-0.05, 0) is 54.8 Å². The van der Waals surface area contributed by atoms with E-state index in [1.54, 1.807) is 0 Å². The van der Waals surface area contributed by atoms with Crippen LogP contribution in [-0.2, 0) is 6.42 Å². The van der Waals surface area contributed by atoms with Crippen molar-refractivity contribution in [1.29, 1.82) is 0 Å². The van der Waals surface area contributed by atoms with Gasteiger partial charge in [-0.2, -0.15) is 0 Å². The summed E-state index contributed by atoms with van der Waals surface area (Å²) in [6, 6.07) is 15.2. The summed E-state index contributed by atoms with van der Waals surface area (Å²) in [6.45, 7) is 5.01. The zero-order valence-corrected chi connectivity index (χ0v) is 14.0. The first-order valence-corrected chi connectivity index (χ1v) is 8.36. The number of ether oxygens (including phenoxy) is 1. The summed E-state index contributed by atoms with van der Waals surface area (Å²) < 4.78 is 5.67. The molecule has 0 aliphatic heterocycles. The third-order valence-corrected chi connectivity index (χ3v) is 3.75. The second kappa shape index (κ2) is 8.99. The largest absolute Gasteiger partial charge is 0.494 e. The van der Waals surface area contributed by atoms with E-state index >= 15 is 0 Å². The minimum atomic E-state index is -0.0933. The van der Waals surface area contributed by atoms with Gasteiger partial charge < -0.3 is 10.1 Å². The smallest absolute Gasteiger partial charge is 0.255 e. The molecular formula is C20H25NO2. The van der Waals surface area contributed by atoms with Crippen molar-refractivity contribution in [3.63, 3.8) is 0 Å². The van der Waals surface area contributed by atoms with Crippen molar-refractivity contribution in [3.05, 3.63) is 59.7 Å². The molecule has 2 rings (SSSR count). The summed E-state index contributed by atoms with van der Waals surface area (Å²) >= 11 is 0. The molecule has 0 fully saturated rings. The lowest BCUT2D eigenvalue weighted by molar-refractivity contribution is 0.102. The minimum absolute atomic E-state index is 0.0933. The molecule has 3 nitrogen and oxygen atoms in total. The van der Waals surface area contributed by atoms with Crippen LogP contribution in [0.25, 0.3) is 0 Å². The van der Waals surface area contributed by atoms with Gasteiger partial charge in [0.15, 0.2) is 0 Å². The van der Waals surface area contributed by atoms with Crippen molar-refractivity contribution >= 4 is 11.6 Å². The van der Waals surface area contributed by atoms with E-state index in [0.29, 0.717) is 5.56 Å². The topological polar surface area (TPSA) is 38.3 Å². The molecule has 23 heavy (non-hydrogen) atoms. The highest BCUT2D eigenvalue weighted by molar-refractivity contribution is 6.04. The molecule has 0 saturated heterocycles. The molecule has 0 heterocycles. The van der Waals surface area contributed by atoms with E-state index < -0.39 is 0 Å². The quantitative estimate of drug-likeness (QED) is 0.691. The summed E-state index contributed by atoms with van der Waals surface area (Å²) in [6.07, 6.45) is 4.42. The Morgan fingerprint density at radius 3 is 2.26 bits per heavy atom. The van der Waals surface area contributed by atoms with Gasteiger partial charge in [-0.25, -0.2) is 0 Å². The lowest BCUT2D eigenvalue weighted by atomic mass is 10.1. The van der Waals surface area contributed by atoms with E-state index in [1.165, 1.54) is 18.4 Å². The second-order valence-electron chi connectivity index (χ2n) is 5.58. The van der Waals surface area contributed by atoms with E-state index in [-0.39, 0.29) is 5.91 Å². The summed E-state index contributed by atoms with van der Waals surface area (Å²) in [4.78, 5) is 12.2. The van der Waals surface area contributed by atoms with Crippen molar-refractivity contribution in [3.8, 4) is 5.75 Å². The zero-order chi connectivity index (χ0) is 16.5. The third kappa shape index (κ3) is 5.44. The molecule has 1 N–H and O–H groups in total. The van der Waals surface area contributed by atoms with Gasteiger partial charge in [-0.1, -0.05) is 38.8 Å². The Morgan fingerprint density at radius 2 is 1.65 bits per heavy atom. The van der Waals surface area contributed by atoms with Crippen LogP contribution in [0, 0.1) is 0 Å². The summed E-state index contributed by atoms with van der Waals surface area (Å²) in [7, 11) is 0. The minimum Gasteiger partial charge on any atom is -0.494 e. The highest BCUT2D eigenvalue weighted by Crippen LogP contribution is 2.17. The van der Waals surface area contributed by atoms with Gasteiger partial charge in [0.2, 0.25) is 0 Å². The lowest BCUT2D eigenvalue weighted by Crippen LogP contribution is -2.11. The number of anilines is 1. The van der Waals surface area contributed by atoms with E-state index in [2.05, 4.69) is 19.2 Å². The molecule has 1 amide bonds. The van der Waals surface area contributed by atoms with Gasteiger partial charge in [0.25, 0.3) is 5.91 Å². The summed E-state index contributed by atoms with van der Waals surface area (Å²) in [5, 5.41) is 2.90. The fourth-order valence-electron chi connectivity index (χ4n) is 2.27. The van der Waals surface area contributed by atoms with E-state index in [4.69, 9.17) is 4.74 Å². The Balaban J connectivity index is 1.88. The number of rotatable bonds is 8. The standard InChI is InChI=1S/C20H25NO2/c1-3-5-6-15-23-19-13-11-18(12-14-19)21-20(22)17-9-7-16(4-2)8-10-17/h7-14H,3-6,15H2,1-2H3,(H,21,22). The molecule has 2 aromatic carbocycles. The van der Waals surface area contributed by atoms with Crippen LogP contribution in [0.15, 0.2) is 48.5 Å². The number of nitrogens with one attached hydrogen (secondary N) is 1. The molecule has 0 aliphatic rings. The maximum Gasteiger partial charge on any atom is 0.255 e. The number of carbonyl (C=O) groups is 1. The molecule has 2 aromatic rings. The normalized spacial score (nSPS) is 10.3. The highest BCUT2D eigenvalue weighted by atomic mass is 16.5. The first-order valence-electron chi connectivity index (χ1n) is 8.36. The Kier molecular flexibility index (Phi) is 6.67. The fourth-order valence-corrected chi connectivity index (χ4v) is 2.27. The predicted octanol–water partition coefficient (Wildman–Crippen LogP) is 5.07. The molecule has 122 valence electrons. The first-order chi connectivity index (χ1) is 11.2. The Bertz CT molecular complexity index is 603. The molecule has 0 bridgehead atoms. The van der Waals surface area contributed by atoms with Crippen LogP contribution in [-0.4, -0.2) is 12.5 Å².